The van der Waals surface area contributed by atoms with Gasteiger partial charge in [0.05, 0.1) is 18.8 Å². The number of esters is 1. The van der Waals surface area contributed by atoms with Crippen LogP contribution in [0.25, 0.3) is 5.57 Å². The quantitative estimate of drug-likeness (QED) is 0.389. The molecule has 2 heterocycles. The number of hydroxylamine groups is 2. The van der Waals surface area contributed by atoms with Gasteiger partial charge in [-0.05, 0) is 37.8 Å². The van der Waals surface area contributed by atoms with Crippen LogP contribution in [0, 0.1) is 6.92 Å². The van der Waals surface area contributed by atoms with Crippen LogP contribution in [0.2, 0.25) is 0 Å². The first-order valence-corrected chi connectivity index (χ1v) is 10.7. The predicted octanol–water partition coefficient (Wildman–Crippen LogP) is 3.09. The summed E-state index contributed by atoms with van der Waals surface area (Å²) in [5, 5.41) is 1.35. The van der Waals surface area contributed by atoms with Crippen molar-refractivity contribution in [3.63, 3.8) is 0 Å². The van der Waals surface area contributed by atoms with E-state index in [2.05, 4.69) is 0 Å². The molecule has 8 nitrogen and oxygen atoms in total. The van der Waals surface area contributed by atoms with Gasteiger partial charge in [-0.15, -0.1) is 0 Å². The fourth-order valence-electron chi connectivity index (χ4n) is 4.71. The van der Waals surface area contributed by atoms with Gasteiger partial charge in [-0.2, -0.15) is 0 Å². The van der Waals surface area contributed by atoms with E-state index in [4.69, 9.17) is 23.8 Å². The minimum atomic E-state index is -0.933. The van der Waals surface area contributed by atoms with Crippen molar-refractivity contribution < 1.29 is 33.4 Å². The van der Waals surface area contributed by atoms with E-state index in [1.807, 2.05) is 38.1 Å². The lowest BCUT2D eigenvalue weighted by Gasteiger charge is -2.45. The summed E-state index contributed by atoms with van der Waals surface area (Å²) < 4.78 is 22.9. The van der Waals surface area contributed by atoms with Crippen LogP contribution in [-0.2, 0) is 33.4 Å². The van der Waals surface area contributed by atoms with Gasteiger partial charge in [0, 0.05) is 26.4 Å². The number of amides is 1. The molecular formula is C23H29NO7. The molecule has 4 rings (SSSR count). The number of hydrogen-bond acceptors (Lipinski definition) is 7. The molecule has 1 saturated carbocycles. The van der Waals surface area contributed by atoms with Gasteiger partial charge in [-0.3, -0.25) is 9.59 Å². The standard InChI is InChI=1S/C23H29NO7/c1-4-27-15-30-24-21(26)19(18-8-6-5-7-16(18)2)20(31-17(3)25)22(24)9-11-23(12-10-22)28-13-14-29-23/h5-8H,4,9-15H2,1-3H3. The number of benzene rings is 1. The van der Waals surface area contributed by atoms with Crippen molar-refractivity contribution in [1.82, 2.24) is 5.06 Å². The van der Waals surface area contributed by atoms with Crippen molar-refractivity contribution in [3.8, 4) is 0 Å². The zero-order valence-corrected chi connectivity index (χ0v) is 18.3. The molecule has 0 aromatic heterocycles. The fraction of sp³-hybridized carbons (Fsp3) is 0.565. The van der Waals surface area contributed by atoms with E-state index in [0.717, 1.165) is 11.1 Å². The Morgan fingerprint density at radius 3 is 2.42 bits per heavy atom. The predicted molar refractivity (Wildman–Crippen MR) is 110 cm³/mol. The first-order valence-electron chi connectivity index (χ1n) is 10.7. The van der Waals surface area contributed by atoms with Gasteiger partial charge in [0.15, 0.2) is 12.6 Å². The third-order valence-electron chi connectivity index (χ3n) is 6.22. The minimum Gasteiger partial charge on any atom is -0.428 e. The normalized spacial score (nSPS) is 22.0. The Balaban J connectivity index is 1.79. The molecule has 1 aromatic carbocycles. The van der Waals surface area contributed by atoms with Gasteiger partial charge in [0.25, 0.3) is 5.91 Å². The second-order valence-electron chi connectivity index (χ2n) is 8.09. The van der Waals surface area contributed by atoms with E-state index < -0.39 is 17.3 Å². The monoisotopic (exact) mass is 431 g/mol. The Morgan fingerprint density at radius 1 is 1.13 bits per heavy atom. The number of carbonyl (C=O) groups excluding carboxylic acids is 2. The molecule has 0 radical (unpaired) electrons. The molecule has 0 unspecified atom stereocenters. The summed E-state index contributed by atoms with van der Waals surface area (Å²) in [6.45, 7) is 6.61. The number of hydrogen-bond donors (Lipinski definition) is 0. The molecule has 1 aromatic rings. The summed E-state index contributed by atoms with van der Waals surface area (Å²) in [5.74, 6) is -1.13. The highest BCUT2D eigenvalue weighted by molar-refractivity contribution is 6.23. The first-order chi connectivity index (χ1) is 14.9. The van der Waals surface area contributed by atoms with Crippen molar-refractivity contribution in [3.05, 3.63) is 41.2 Å². The Morgan fingerprint density at radius 2 is 1.81 bits per heavy atom. The minimum absolute atomic E-state index is 0.0729. The van der Waals surface area contributed by atoms with E-state index in [1.54, 1.807) is 0 Å². The maximum atomic E-state index is 13.7. The zero-order chi connectivity index (χ0) is 22.1. The lowest BCUT2D eigenvalue weighted by atomic mass is 9.77. The van der Waals surface area contributed by atoms with Crippen molar-refractivity contribution >= 4 is 17.4 Å². The van der Waals surface area contributed by atoms with Crippen LogP contribution in [0.3, 0.4) is 0 Å². The Bertz CT molecular complexity index is 878. The molecule has 2 spiro atoms. The third-order valence-corrected chi connectivity index (χ3v) is 6.22. The lowest BCUT2D eigenvalue weighted by Crippen LogP contribution is -2.54. The SMILES string of the molecule is CCOCON1C(=O)C(c2ccccc2C)=C(OC(C)=O)C12CCC1(CC2)OCCO1. The maximum Gasteiger partial charge on any atom is 0.307 e. The van der Waals surface area contributed by atoms with Crippen LogP contribution in [0.4, 0.5) is 0 Å². The van der Waals surface area contributed by atoms with E-state index in [1.165, 1.54) is 12.0 Å². The maximum absolute atomic E-state index is 13.7. The number of nitrogens with zero attached hydrogens (tertiary/aromatic N) is 1. The molecule has 0 bridgehead atoms. The average molecular weight is 431 g/mol. The summed E-state index contributed by atoms with van der Waals surface area (Å²) in [7, 11) is 0. The van der Waals surface area contributed by atoms with Crippen LogP contribution < -0.4 is 0 Å². The van der Waals surface area contributed by atoms with Gasteiger partial charge >= 0.3 is 5.97 Å². The molecule has 1 aliphatic carbocycles. The smallest absolute Gasteiger partial charge is 0.307 e. The van der Waals surface area contributed by atoms with Gasteiger partial charge in [-0.1, -0.05) is 24.3 Å². The average Bonchev–Trinajstić information content (AvgIpc) is 3.28. The van der Waals surface area contributed by atoms with Crippen LogP contribution in [-0.4, -0.2) is 54.9 Å². The molecule has 0 atom stereocenters. The number of carbonyl (C=O) groups is 2. The molecule has 2 fully saturated rings. The Kier molecular flexibility index (Phi) is 6.16. The van der Waals surface area contributed by atoms with Crippen molar-refractivity contribution in [1.29, 1.82) is 0 Å². The highest BCUT2D eigenvalue weighted by Gasteiger charge is 2.59. The van der Waals surface area contributed by atoms with Crippen LogP contribution >= 0.6 is 0 Å². The summed E-state index contributed by atoms with van der Waals surface area (Å²) in [6.07, 6.45) is 2.06. The largest absolute Gasteiger partial charge is 0.428 e. The van der Waals surface area contributed by atoms with E-state index in [-0.39, 0.29) is 12.7 Å². The molecule has 3 aliphatic rings. The zero-order valence-electron chi connectivity index (χ0n) is 18.3. The van der Waals surface area contributed by atoms with Gasteiger partial charge < -0.3 is 18.9 Å². The molecule has 31 heavy (non-hydrogen) atoms. The highest BCUT2D eigenvalue weighted by Crippen LogP contribution is 2.52. The summed E-state index contributed by atoms with van der Waals surface area (Å²) in [4.78, 5) is 31.6. The second-order valence-corrected chi connectivity index (χ2v) is 8.09. The molecule has 168 valence electrons. The van der Waals surface area contributed by atoms with Crippen LogP contribution in [0.15, 0.2) is 30.0 Å². The highest BCUT2D eigenvalue weighted by atomic mass is 16.8. The Labute approximate surface area is 182 Å². The number of ether oxygens (including phenoxy) is 4. The van der Waals surface area contributed by atoms with E-state index in [9.17, 15) is 9.59 Å². The first kappa shape index (κ1) is 22.0. The van der Waals surface area contributed by atoms with Gasteiger partial charge in [0.2, 0.25) is 0 Å². The third kappa shape index (κ3) is 3.89. The number of aryl methyl sites for hydroxylation is 1. The molecule has 1 saturated heterocycles. The molecule has 8 heteroatoms. The van der Waals surface area contributed by atoms with E-state index >= 15 is 0 Å². The number of rotatable bonds is 6. The summed E-state index contributed by atoms with van der Waals surface area (Å²) in [5.41, 5.74) is 1.05. The van der Waals surface area contributed by atoms with Crippen molar-refractivity contribution in [2.24, 2.45) is 0 Å². The van der Waals surface area contributed by atoms with Gasteiger partial charge in [0.1, 0.15) is 11.3 Å². The van der Waals surface area contributed by atoms with E-state index in [0.29, 0.717) is 56.8 Å². The van der Waals surface area contributed by atoms with Gasteiger partial charge in [-0.25, -0.2) is 9.90 Å². The molecular weight excluding hydrogens is 402 g/mol. The van der Waals surface area contributed by atoms with Crippen LogP contribution in [0.1, 0.15) is 50.7 Å². The topological polar surface area (TPSA) is 83.5 Å². The summed E-state index contributed by atoms with van der Waals surface area (Å²) in [6, 6.07) is 7.55. The fourth-order valence-corrected chi connectivity index (χ4v) is 4.71. The summed E-state index contributed by atoms with van der Waals surface area (Å²) >= 11 is 0. The Hall–Kier alpha value is -2.26. The molecule has 2 aliphatic heterocycles. The second kappa shape index (κ2) is 8.70. The molecule has 0 N–H and O–H groups in total. The van der Waals surface area contributed by atoms with Crippen molar-refractivity contribution in [2.75, 3.05) is 26.6 Å². The lowest BCUT2D eigenvalue weighted by molar-refractivity contribution is -0.268. The molecule has 1 amide bonds. The van der Waals surface area contributed by atoms with Crippen LogP contribution in [0.5, 0.6) is 0 Å². The van der Waals surface area contributed by atoms with Crippen molar-refractivity contribution in [2.45, 2.75) is 57.8 Å².